The average Bonchev–Trinajstić information content (AvgIpc) is 2.60. The van der Waals surface area contributed by atoms with Crippen molar-refractivity contribution in [2.45, 2.75) is 45.3 Å². The Kier molecular flexibility index (Phi) is 10.7. The molecule has 2 rings (SSSR count). The van der Waals surface area contributed by atoms with E-state index in [2.05, 4.69) is 46.0 Å². The standard InChI is InChI=1S/C19H29N3O.HI/c1-20-19(21-13-12-16-6-4-3-5-7-16)22-14-17-8-10-18(11-9-17)15-23-2;/h6,8-11H,3-5,7,12-15H2,1-2H3,(H2,20,21,22);1H. The fourth-order valence-corrected chi connectivity index (χ4v) is 2.80. The Morgan fingerprint density at radius 2 is 1.88 bits per heavy atom. The first-order chi connectivity index (χ1) is 11.3. The first-order valence-corrected chi connectivity index (χ1v) is 8.51. The van der Waals surface area contributed by atoms with Crippen molar-refractivity contribution in [1.82, 2.24) is 10.6 Å². The molecule has 1 aliphatic carbocycles. The van der Waals surface area contributed by atoms with E-state index in [1.165, 1.54) is 36.8 Å². The number of guanidine groups is 1. The van der Waals surface area contributed by atoms with Crippen molar-refractivity contribution in [2.24, 2.45) is 4.99 Å². The lowest BCUT2D eigenvalue weighted by atomic mass is 9.97. The molecule has 0 amide bonds. The Hall–Kier alpha value is -1.08. The van der Waals surface area contributed by atoms with Crippen LogP contribution in [-0.2, 0) is 17.9 Å². The fourth-order valence-electron chi connectivity index (χ4n) is 2.80. The number of halogens is 1. The predicted molar refractivity (Wildman–Crippen MR) is 112 cm³/mol. The number of methoxy groups -OCH3 is 1. The molecule has 0 radical (unpaired) electrons. The lowest BCUT2D eigenvalue weighted by Gasteiger charge is -2.15. The molecule has 0 saturated heterocycles. The molecule has 2 N–H and O–H groups in total. The molecule has 0 heterocycles. The quantitative estimate of drug-likeness (QED) is 0.290. The van der Waals surface area contributed by atoms with Gasteiger partial charge in [-0.1, -0.05) is 35.9 Å². The molecule has 0 aliphatic heterocycles. The minimum atomic E-state index is 0. The van der Waals surface area contributed by atoms with Crippen LogP contribution in [0.2, 0.25) is 0 Å². The number of benzene rings is 1. The summed E-state index contributed by atoms with van der Waals surface area (Å²) in [7, 11) is 3.53. The van der Waals surface area contributed by atoms with Gasteiger partial charge in [-0.15, -0.1) is 24.0 Å². The van der Waals surface area contributed by atoms with Crippen molar-refractivity contribution in [1.29, 1.82) is 0 Å². The van der Waals surface area contributed by atoms with Crippen molar-refractivity contribution >= 4 is 29.9 Å². The highest BCUT2D eigenvalue weighted by molar-refractivity contribution is 14.0. The van der Waals surface area contributed by atoms with E-state index in [0.717, 1.165) is 25.5 Å². The predicted octanol–water partition coefficient (Wildman–Crippen LogP) is 4.01. The molecular weight excluding hydrogens is 413 g/mol. The van der Waals surface area contributed by atoms with E-state index in [1.54, 1.807) is 12.7 Å². The van der Waals surface area contributed by atoms with E-state index in [9.17, 15) is 0 Å². The summed E-state index contributed by atoms with van der Waals surface area (Å²) in [6.45, 7) is 2.38. The van der Waals surface area contributed by atoms with Crippen molar-refractivity contribution in [3.8, 4) is 0 Å². The van der Waals surface area contributed by atoms with Gasteiger partial charge in [0.1, 0.15) is 0 Å². The summed E-state index contributed by atoms with van der Waals surface area (Å²) in [5.41, 5.74) is 4.02. The third-order valence-corrected chi connectivity index (χ3v) is 4.14. The highest BCUT2D eigenvalue weighted by Gasteiger charge is 2.04. The lowest BCUT2D eigenvalue weighted by molar-refractivity contribution is 0.185. The number of nitrogens with one attached hydrogen (secondary N) is 2. The highest BCUT2D eigenvalue weighted by atomic mass is 127. The van der Waals surface area contributed by atoms with Gasteiger partial charge in [-0.25, -0.2) is 0 Å². The molecule has 1 aromatic carbocycles. The van der Waals surface area contributed by atoms with Crippen LogP contribution in [0, 0.1) is 0 Å². The number of hydrogen-bond acceptors (Lipinski definition) is 2. The van der Waals surface area contributed by atoms with Crippen LogP contribution in [0.15, 0.2) is 40.9 Å². The van der Waals surface area contributed by atoms with E-state index in [1.807, 2.05) is 7.05 Å². The minimum Gasteiger partial charge on any atom is -0.380 e. The number of aliphatic imine (C=N–C) groups is 1. The fraction of sp³-hybridized carbons (Fsp3) is 0.526. The maximum atomic E-state index is 5.13. The maximum Gasteiger partial charge on any atom is 0.191 e. The average molecular weight is 443 g/mol. The number of rotatable bonds is 7. The van der Waals surface area contributed by atoms with Crippen LogP contribution in [0.3, 0.4) is 0 Å². The molecule has 1 aliphatic rings. The van der Waals surface area contributed by atoms with Crippen LogP contribution >= 0.6 is 24.0 Å². The molecule has 1 aromatic rings. The Morgan fingerprint density at radius 3 is 2.50 bits per heavy atom. The molecule has 0 bridgehead atoms. The van der Waals surface area contributed by atoms with Gasteiger partial charge in [0, 0.05) is 27.2 Å². The topological polar surface area (TPSA) is 45.7 Å². The van der Waals surface area contributed by atoms with Gasteiger partial charge in [0.15, 0.2) is 5.96 Å². The molecule has 0 saturated carbocycles. The molecule has 4 nitrogen and oxygen atoms in total. The zero-order valence-electron chi connectivity index (χ0n) is 14.8. The van der Waals surface area contributed by atoms with Crippen LogP contribution in [0.4, 0.5) is 0 Å². The summed E-state index contributed by atoms with van der Waals surface area (Å²) in [4.78, 5) is 4.29. The van der Waals surface area contributed by atoms with Gasteiger partial charge in [-0.3, -0.25) is 4.99 Å². The lowest BCUT2D eigenvalue weighted by Crippen LogP contribution is -2.37. The molecule has 0 unspecified atom stereocenters. The van der Waals surface area contributed by atoms with Crippen molar-refractivity contribution in [3.63, 3.8) is 0 Å². The van der Waals surface area contributed by atoms with E-state index < -0.39 is 0 Å². The van der Waals surface area contributed by atoms with E-state index in [0.29, 0.717) is 6.61 Å². The number of allylic oxidation sites excluding steroid dienone is 1. The van der Waals surface area contributed by atoms with Crippen LogP contribution in [0.5, 0.6) is 0 Å². The van der Waals surface area contributed by atoms with Gasteiger partial charge >= 0.3 is 0 Å². The van der Waals surface area contributed by atoms with Gasteiger partial charge < -0.3 is 15.4 Å². The Labute approximate surface area is 163 Å². The zero-order valence-corrected chi connectivity index (χ0v) is 17.1. The zero-order chi connectivity index (χ0) is 16.3. The minimum absolute atomic E-state index is 0. The molecule has 0 aromatic heterocycles. The van der Waals surface area contributed by atoms with Gasteiger partial charge in [0.2, 0.25) is 0 Å². The largest absolute Gasteiger partial charge is 0.380 e. The molecule has 134 valence electrons. The summed E-state index contributed by atoms with van der Waals surface area (Å²) in [6.07, 6.45) is 8.74. The summed E-state index contributed by atoms with van der Waals surface area (Å²) in [5, 5.41) is 6.76. The molecule has 0 atom stereocenters. The van der Waals surface area contributed by atoms with Gasteiger partial charge in [-0.2, -0.15) is 0 Å². The molecule has 0 spiro atoms. The molecular formula is C19H30IN3O. The Morgan fingerprint density at radius 1 is 1.12 bits per heavy atom. The smallest absolute Gasteiger partial charge is 0.191 e. The van der Waals surface area contributed by atoms with E-state index in [-0.39, 0.29) is 24.0 Å². The van der Waals surface area contributed by atoms with Crippen molar-refractivity contribution in [3.05, 3.63) is 47.0 Å². The number of nitrogens with zero attached hydrogens (tertiary/aromatic N) is 1. The third-order valence-electron chi connectivity index (χ3n) is 4.14. The van der Waals surface area contributed by atoms with Crippen molar-refractivity contribution in [2.75, 3.05) is 20.7 Å². The maximum absolute atomic E-state index is 5.13. The van der Waals surface area contributed by atoms with Gasteiger partial charge in [0.05, 0.1) is 6.61 Å². The Balaban J connectivity index is 0.00000288. The van der Waals surface area contributed by atoms with Gasteiger partial charge in [-0.05, 0) is 43.2 Å². The van der Waals surface area contributed by atoms with Gasteiger partial charge in [0.25, 0.3) is 0 Å². The SMILES string of the molecule is CN=C(NCCC1=CCCCC1)NCc1ccc(COC)cc1.I. The first kappa shape index (κ1) is 21.0. The summed E-state index contributed by atoms with van der Waals surface area (Å²) in [6, 6.07) is 8.46. The first-order valence-electron chi connectivity index (χ1n) is 8.51. The second-order valence-corrected chi connectivity index (χ2v) is 5.96. The second-order valence-electron chi connectivity index (χ2n) is 5.96. The summed E-state index contributed by atoms with van der Waals surface area (Å²) >= 11 is 0. The molecule has 5 heteroatoms. The number of ether oxygens (including phenoxy) is 1. The van der Waals surface area contributed by atoms with Crippen molar-refractivity contribution < 1.29 is 4.74 Å². The number of hydrogen-bond donors (Lipinski definition) is 2. The third kappa shape index (κ3) is 7.66. The highest BCUT2D eigenvalue weighted by Crippen LogP contribution is 2.19. The summed E-state index contributed by atoms with van der Waals surface area (Å²) < 4.78 is 5.13. The molecule has 0 fully saturated rings. The second kappa shape index (κ2) is 12.3. The van der Waals surface area contributed by atoms with Crippen LogP contribution in [-0.4, -0.2) is 26.7 Å². The normalized spacial score (nSPS) is 14.6. The van der Waals surface area contributed by atoms with Crippen LogP contribution in [0.1, 0.15) is 43.2 Å². The van der Waals surface area contributed by atoms with E-state index >= 15 is 0 Å². The van der Waals surface area contributed by atoms with Crippen LogP contribution < -0.4 is 10.6 Å². The van der Waals surface area contributed by atoms with Crippen LogP contribution in [0.25, 0.3) is 0 Å². The van der Waals surface area contributed by atoms with E-state index in [4.69, 9.17) is 4.74 Å². The molecule has 24 heavy (non-hydrogen) atoms. The monoisotopic (exact) mass is 443 g/mol. The Bertz CT molecular complexity index is 526. The summed E-state index contributed by atoms with van der Waals surface area (Å²) in [5.74, 6) is 0.863.